The molecule has 9 heteroatoms. The number of aromatic nitrogens is 2. The number of ether oxygens (including phenoxy) is 1. The van der Waals surface area contributed by atoms with Gasteiger partial charge in [-0.15, -0.1) is 0 Å². The standard InChI is InChI=1S/C33H47N7O2/c1-5-30(41)38-18-20-39(21-19-38)32-27-13-17-40(31-26(4)12-11-25(3)28(31)23-34-6-2)24-29(27)35-33(36-32)42-22-10-16-37-14-8-7-9-15-37/h5,11-12,23H,1,6-10,13-22,24H2,2-4H3/b34-23-. The normalized spacial score (nSPS) is 17.9. The fourth-order valence-corrected chi connectivity index (χ4v) is 6.39. The van der Waals surface area contributed by atoms with E-state index in [2.05, 4.69) is 59.2 Å². The van der Waals surface area contributed by atoms with Gasteiger partial charge in [0.15, 0.2) is 0 Å². The summed E-state index contributed by atoms with van der Waals surface area (Å²) in [4.78, 5) is 35.9. The molecule has 0 radical (unpaired) electrons. The summed E-state index contributed by atoms with van der Waals surface area (Å²) in [5.74, 6) is 0.953. The van der Waals surface area contributed by atoms with Crippen molar-refractivity contribution in [1.82, 2.24) is 19.8 Å². The van der Waals surface area contributed by atoms with Crippen LogP contribution in [0.3, 0.4) is 0 Å². The predicted octanol–water partition coefficient (Wildman–Crippen LogP) is 4.18. The fourth-order valence-electron chi connectivity index (χ4n) is 6.39. The number of rotatable bonds is 10. The van der Waals surface area contributed by atoms with Crippen molar-refractivity contribution >= 4 is 23.6 Å². The van der Waals surface area contributed by atoms with Crippen LogP contribution in [-0.2, 0) is 17.8 Å². The summed E-state index contributed by atoms with van der Waals surface area (Å²) in [6, 6.07) is 4.85. The fraction of sp³-hybridized carbons (Fsp3) is 0.576. The number of benzene rings is 1. The van der Waals surface area contributed by atoms with Crippen molar-refractivity contribution in [2.24, 2.45) is 4.99 Å². The van der Waals surface area contributed by atoms with Gasteiger partial charge in [-0.2, -0.15) is 9.97 Å². The predicted molar refractivity (Wildman–Crippen MR) is 170 cm³/mol. The molecule has 0 atom stereocenters. The Hall–Kier alpha value is -3.46. The first-order valence-electron chi connectivity index (χ1n) is 15.7. The van der Waals surface area contributed by atoms with Gasteiger partial charge in [0.05, 0.1) is 18.8 Å². The van der Waals surface area contributed by atoms with Crippen LogP contribution in [0.25, 0.3) is 0 Å². The summed E-state index contributed by atoms with van der Waals surface area (Å²) in [6.45, 7) is 19.2. The molecule has 1 amide bonds. The number of fused-ring (bicyclic) bond motifs is 1. The Labute approximate surface area is 251 Å². The maximum absolute atomic E-state index is 12.2. The topological polar surface area (TPSA) is 77.4 Å². The summed E-state index contributed by atoms with van der Waals surface area (Å²) in [5, 5.41) is 0. The monoisotopic (exact) mass is 573 g/mol. The molecular formula is C33H47N7O2. The van der Waals surface area contributed by atoms with Crippen LogP contribution in [0.1, 0.15) is 60.6 Å². The van der Waals surface area contributed by atoms with Gasteiger partial charge in [0.2, 0.25) is 5.91 Å². The molecule has 5 rings (SSSR count). The summed E-state index contributed by atoms with van der Waals surface area (Å²) in [6.07, 6.45) is 9.19. The maximum Gasteiger partial charge on any atom is 0.318 e. The van der Waals surface area contributed by atoms with Crippen LogP contribution in [0, 0.1) is 13.8 Å². The van der Waals surface area contributed by atoms with E-state index in [1.54, 1.807) is 0 Å². The number of aryl methyl sites for hydroxylation is 2. The number of hydrogen-bond acceptors (Lipinski definition) is 8. The number of hydrogen-bond donors (Lipinski definition) is 0. The quantitative estimate of drug-likeness (QED) is 0.240. The van der Waals surface area contributed by atoms with Crippen LogP contribution < -0.4 is 14.5 Å². The molecule has 0 bridgehead atoms. The van der Waals surface area contributed by atoms with Crippen molar-refractivity contribution in [1.29, 1.82) is 0 Å². The Morgan fingerprint density at radius 1 is 1.00 bits per heavy atom. The zero-order chi connectivity index (χ0) is 29.5. The lowest BCUT2D eigenvalue weighted by Gasteiger charge is -2.38. The highest BCUT2D eigenvalue weighted by molar-refractivity contribution is 5.91. The van der Waals surface area contributed by atoms with Crippen LogP contribution in [0.4, 0.5) is 11.5 Å². The molecule has 1 aromatic heterocycles. The number of nitrogens with zero attached hydrogens (tertiary/aromatic N) is 7. The summed E-state index contributed by atoms with van der Waals surface area (Å²) in [5.41, 5.74) is 7.12. The number of amides is 1. The van der Waals surface area contributed by atoms with Crippen molar-refractivity contribution in [2.75, 3.05) is 75.3 Å². The molecule has 2 aromatic rings. The van der Waals surface area contributed by atoms with Gasteiger partial charge in [0.1, 0.15) is 5.82 Å². The Morgan fingerprint density at radius 3 is 2.50 bits per heavy atom. The smallest absolute Gasteiger partial charge is 0.318 e. The molecule has 226 valence electrons. The van der Waals surface area contributed by atoms with Gasteiger partial charge in [-0.1, -0.05) is 25.1 Å². The van der Waals surface area contributed by atoms with E-state index in [1.807, 2.05) is 11.1 Å². The van der Waals surface area contributed by atoms with Crippen molar-refractivity contribution in [3.8, 4) is 6.01 Å². The molecule has 2 fully saturated rings. The Balaban J connectivity index is 1.39. The van der Waals surface area contributed by atoms with Gasteiger partial charge >= 0.3 is 6.01 Å². The van der Waals surface area contributed by atoms with Crippen LogP contribution in [-0.4, -0.2) is 97.4 Å². The SMILES string of the molecule is C=CC(=O)N1CCN(c2nc(OCCCN3CCCCC3)nc3c2CCN(c2c(C)ccc(C)c2/C=N\CC)C3)CC1. The van der Waals surface area contributed by atoms with Gasteiger partial charge in [-0.25, -0.2) is 0 Å². The Bertz CT molecular complexity index is 1280. The van der Waals surface area contributed by atoms with E-state index in [0.29, 0.717) is 32.3 Å². The van der Waals surface area contributed by atoms with Gasteiger partial charge in [0, 0.05) is 68.8 Å². The van der Waals surface area contributed by atoms with Gasteiger partial charge < -0.3 is 24.3 Å². The van der Waals surface area contributed by atoms with E-state index in [4.69, 9.17) is 14.7 Å². The van der Waals surface area contributed by atoms with Crippen LogP contribution in [0.2, 0.25) is 0 Å². The van der Waals surface area contributed by atoms with Crippen molar-refractivity contribution in [3.05, 3.63) is 52.7 Å². The van der Waals surface area contributed by atoms with Crippen molar-refractivity contribution < 1.29 is 9.53 Å². The van der Waals surface area contributed by atoms with E-state index in [9.17, 15) is 4.79 Å². The second-order valence-electron chi connectivity index (χ2n) is 11.6. The highest BCUT2D eigenvalue weighted by Crippen LogP contribution is 2.34. The third kappa shape index (κ3) is 6.94. The Kier molecular flexibility index (Phi) is 10.1. The first-order valence-corrected chi connectivity index (χ1v) is 15.7. The van der Waals surface area contributed by atoms with E-state index in [1.165, 1.54) is 66.4 Å². The lowest BCUT2D eigenvalue weighted by atomic mass is 9.98. The first kappa shape index (κ1) is 30.0. The molecule has 3 aliphatic heterocycles. The molecular weight excluding hydrogens is 526 g/mol. The summed E-state index contributed by atoms with van der Waals surface area (Å²) in [7, 11) is 0. The molecule has 2 saturated heterocycles. The van der Waals surface area contributed by atoms with Gasteiger partial charge in [-0.05, 0) is 76.7 Å². The first-order chi connectivity index (χ1) is 20.5. The van der Waals surface area contributed by atoms with E-state index in [0.717, 1.165) is 57.1 Å². The largest absolute Gasteiger partial charge is 0.463 e. The minimum Gasteiger partial charge on any atom is -0.463 e. The summed E-state index contributed by atoms with van der Waals surface area (Å²) >= 11 is 0. The summed E-state index contributed by atoms with van der Waals surface area (Å²) < 4.78 is 6.24. The number of anilines is 2. The molecule has 4 heterocycles. The molecule has 3 aliphatic rings. The van der Waals surface area contributed by atoms with E-state index in [-0.39, 0.29) is 5.91 Å². The number of piperidine rings is 1. The average Bonchev–Trinajstić information content (AvgIpc) is 3.03. The van der Waals surface area contributed by atoms with E-state index < -0.39 is 0 Å². The third-order valence-electron chi connectivity index (χ3n) is 8.74. The zero-order valence-electron chi connectivity index (χ0n) is 25.8. The van der Waals surface area contributed by atoms with Crippen LogP contribution in [0.15, 0.2) is 29.8 Å². The molecule has 0 saturated carbocycles. The second kappa shape index (κ2) is 14.1. The number of piperazine rings is 1. The molecule has 42 heavy (non-hydrogen) atoms. The number of aliphatic imine (C=N–C) groups is 1. The number of likely N-dealkylation sites (tertiary alicyclic amines) is 1. The maximum atomic E-state index is 12.2. The average molecular weight is 574 g/mol. The molecule has 9 nitrogen and oxygen atoms in total. The van der Waals surface area contributed by atoms with Crippen LogP contribution >= 0.6 is 0 Å². The molecule has 1 aromatic carbocycles. The minimum atomic E-state index is -0.0105. The van der Waals surface area contributed by atoms with Crippen molar-refractivity contribution in [2.45, 2.75) is 59.4 Å². The molecule has 0 unspecified atom stereocenters. The van der Waals surface area contributed by atoms with E-state index >= 15 is 0 Å². The number of carbonyl (C=O) groups excluding carboxylic acids is 1. The van der Waals surface area contributed by atoms with Gasteiger partial charge in [0.25, 0.3) is 0 Å². The highest BCUT2D eigenvalue weighted by Gasteiger charge is 2.29. The van der Waals surface area contributed by atoms with Crippen LogP contribution in [0.5, 0.6) is 6.01 Å². The van der Waals surface area contributed by atoms with Crippen molar-refractivity contribution in [3.63, 3.8) is 0 Å². The lowest BCUT2D eigenvalue weighted by molar-refractivity contribution is -0.126. The minimum absolute atomic E-state index is 0.0105. The molecule has 0 spiro atoms. The highest BCUT2D eigenvalue weighted by atomic mass is 16.5. The third-order valence-corrected chi connectivity index (χ3v) is 8.74. The Morgan fingerprint density at radius 2 is 1.76 bits per heavy atom. The van der Waals surface area contributed by atoms with Gasteiger partial charge in [-0.3, -0.25) is 9.79 Å². The molecule has 0 N–H and O–H groups in total. The lowest BCUT2D eigenvalue weighted by Crippen LogP contribution is -2.49. The second-order valence-corrected chi connectivity index (χ2v) is 11.6. The zero-order valence-corrected chi connectivity index (χ0v) is 25.8. The molecule has 0 aliphatic carbocycles. The number of carbonyl (C=O) groups is 1.